The van der Waals surface area contributed by atoms with Crippen LogP contribution in [0.25, 0.3) is 0 Å². The highest BCUT2D eigenvalue weighted by Gasteiger charge is 2.27. The van der Waals surface area contributed by atoms with E-state index in [9.17, 15) is 0 Å². The number of rotatable bonds is 6. The van der Waals surface area contributed by atoms with E-state index in [1.807, 2.05) is 0 Å². The average molecular weight is 224 g/mol. The van der Waals surface area contributed by atoms with Crippen molar-refractivity contribution in [1.82, 2.24) is 0 Å². The van der Waals surface area contributed by atoms with Crippen molar-refractivity contribution in [1.29, 1.82) is 0 Å². The highest BCUT2D eigenvalue weighted by Crippen LogP contribution is 2.39. The minimum Gasteiger partial charge on any atom is -0.0654 e. The Morgan fingerprint density at radius 2 is 1.44 bits per heavy atom. The van der Waals surface area contributed by atoms with Crippen LogP contribution in [0, 0.1) is 23.7 Å². The summed E-state index contributed by atoms with van der Waals surface area (Å²) in [5.41, 5.74) is 0. The maximum Gasteiger partial charge on any atom is -0.0386 e. The monoisotopic (exact) mass is 224 g/mol. The normalized spacial score (nSPS) is 30.0. The van der Waals surface area contributed by atoms with E-state index in [4.69, 9.17) is 0 Å². The van der Waals surface area contributed by atoms with Gasteiger partial charge in [0.15, 0.2) is 0 Å². The molecule has 0 radical (unpaired) electrons. The van der Waals surface area contributed by atoms with Crippen LogP contribution in [-0.4, -0.2) is 0 Å². The Bertz CT molecular complexity index is 165. The summed E-state index contributed by atoms with van der Waals surface area (Å²) in [6, 6.07) is 0. The first kappa shape index (κ1) is 14.1. The molecule has 1 rings (SSSR count). The fourth-order valence-corrected chi connectivity index (χ4v) is 3.66. The molecular formula is C16H32. The molecule has 1 fully saturated rings. The van der Waals surface area contributed by atoms with Gasteiger partial charge in [0, 0.05) is 0 Å². The van der Waals surface area contributed by atoms with Gasteiger partial charge in [-0.3, -0.25) is 0 Å². The molecule has 0 N–H and O–H groups in total. The smallest absolute Gasteiger partial charge is 0.0386 e. The lowest BCUT2D eigenvalue weighted by atomic mass is 9.70. The lowest BCUT2D eigenvalue weighted by Gasteiger charge is -2.35. The van der Waals surface area contributed by atoms with E-state index in [-0.39, 0.29) is 0 Å². The molecule has 0 saturated heterocycles. The molecule has 96 valence electrons. The van der Waals surface area contributed by atoms with E-state index in [2.05, 4.69) is 27.7 Å². The molecule has 0 heteroatoms. The number of hydrogen-bond acceptors (Lipinski definition) is 0. The Labute approximate surface area is 103 Å². The summed E-state index contributed by atoms with van der Waals surface area (Å²) in [5.74, 6) is 4.10. The van der Waals surface area contributed by atoms with Crippen molar-refractivity contribution < 1.29 is 0 Å². The van der Waals surface area contributed by atoms with Crippen molar-refractivity contribution in [3.63, 3.8) is 0 Å². The summed E-state index contributed by atoms with van der Waals surface area (Å²) in [6.45, 7) is 9.53. The van der Waals surface area contributed by atoms with Crippen molar-refractivity contribution >= 4 is 0 Å². The molecule has 0 aromatic heterocycles. The second kappa shape index (κ2) is 7.35. The van der Waals surface area contributed by atoms with Crippen LogP contribution in [0.15, 0.2) is 0 Å². The lowest BCUT2D eigenvalue weighted by Crippen LogP contribution is -2.24. The van der Waals surface area contributed by atoms with Crippen LogP contribution in [0.5, 0.6) is 0 Å². The zero-order valence-corrected chi connectivity index (χ0v) is 12.0. The van der Waals surface area contributed by atoms with Crippen LogP contribution < -0.4 is 0 Å². The third-order valence-electron chi connectivity index (χ3n) is 5.12. The maximum atomic E-state index is 2.45. The molecule has 1 saturated carbocycles. The van der Waals surface area contributed by atoms with Crippen molar-refractivity contribution in [2.24, 2.45) is 23.7 Å². The standard InChI is InChI=1S/C16H32/c1-5-8-14(7-3)16-11-9-15(10-12-16)13(4)6-2/h13-16H,5-12H2,1-4H3. The van der Waals surface area contributed by atoms with E-state index < -0.39 is 0 Å². The summed E-state index contributed by atoms with van der Waals surface area (Å²) in [6.07, 6.45) is 11.7. The van der Waals surface area contributed by atoms with Crippen LogP contribution in [-0.2, 0) is 0 Å². The Morgan fingerprint density at radius 3 is 1.88 bits per heavy atom. The quantitative estimate of drug-likeness (QED) is 0.545. The van der Waals surface area contributed by atoms with E-state index in [1.165, 1.54) is 51.4 Å². The van der Waals surface area contributed by atoms with Crippen LogP contribution in [0.3, 0.4) is 0 Å². The van der Waals surface area contributed by atoms with Crippen LogP contribution in [0.1, 0.15) is 79.1 Å². The van der Waals surface area contributed by atoms with Crippen molar-refractivity contribution in [2.45, 2.75) is 79.1 Å². The molecule has 1 aliphatic carbocycles. The van der Waals surface area contributed by atoms with Crippen LogP contribution >= 0.6 is 0 Å². The zero-order valence-electron chi connectivity index (χ0n) is 12.0. The molecule has 2 atom stereocenters. The van der Waals surface area contributed by atoms with E-state index >= 15 is 0 Å². The molecule has 0 heterocycles. The Morgan fingerprint density at radius 1 is 0.875 bits per heavy atom. The molecule has 0 aromatic carbocycles. The van der Waals surface area contributed by atoms with E-state index in [0.717, 1.165) is 23.7 Å². The first-order chi connectivity index (χ1) is 7.72. The van der Waals surface area contributed by atoms with Crippen molar-refractivity contribution in [3.05, 3.63) is 0 Å². The van der Waals surface area contributed by atoms with E-state index in [0.29, 0.717) is 0 Å². The highest BCUT2D eigenvalue weighted by atomic mass is 14.3. The third kappa shape index (κ3) is 3.79. The zero-order chi connectivity index (χ0) is 12.0. The van der Waals surface area contributed by atoms with Gasteiger partial charge in [-0.15, -0.1) is 0 Å². The van der Waals surface area contributed by atoms with E-state index in [1.54, 1.807) is 0 Å². The van der Waals surface area contributed by atoms with Gasteiger partial charge in [-0.2, -0.15) is 0 Å². The summed E-state index contributed by atoms with van der Waals surface area (Å²) >= 11 is 0. The highest BCUT2D eigenvalue weighted by molar-refractivity contribution is 4.79. The second-order valence-corrected chi connectivity index (χ2v) is 6.02. The topological polar surface area (TPSA) is 0 Å². The Kier molecular flexibility index (Phi) is 6.46. The predicted molar refractivity (Wildman–Crippen MR) is 73.6 cm³/mol. The van der Waals surface area contributed by atoms with Crippen LogP contribution in [0.2, 0.25) is 0 Å². The largest absolute Gasteiger partial charge is 0.0654 e. The predicted octanol–water partition coefficient (Wildman–Crippen LogP) is 5.67. The first-order valence-corrected chi connectivity index (χ1v) is 7.72. The average Bonchev–Trinajstić information content (AvgIpc) is 2.35. The molecule has 0 bridgehead atoms. The molecule has 2 unspecified atom stereocenters. The second-order valence-electron chi connectivity index (χ2n) is 6.02. The Hall–Kier alpha value is 0. The molecule has 0 amide bonds. The first-order valence-electron chi connectivity index (χ1n) is 7.72. The van der Waals surface area contributed by atoms with Gasteiger partial charge < -0.3 is 0 Å². The molecule has 0 aliphatic heterocycles. The summed E-state index contributed by atoms with van der Waals surface area (Å²) < 4.78 is 0. The minimum absolute atomic E-state index is 0.965. The van der Waals surface area contributed by atoms with Gasteiger partial charge in [-0.25, -0.2) is 0 Å². The molecule has 0 aromatic rings. The maximum absolute atomic E-state index is 2.45. The molecule has 0 nitrogen and oxygen atoms in total. The van der Waals surface area contributed by atoms with Crippen molar-refractivity contribution in [2.75, 3.05) is 0 Å². The fourth-order valence-electron chi connectivity index (χ4n) is 3.66. The third-order valence-corrected chi connectivity index (χ3v) is 5.12. The SMILES string of the molecule is CCCC(CC)C1CCC(C(C)CC)CC1. The van der Waals surface area contributed by atoms with Crippen molar-refractivity contribution in [3.8, 4) is 0 Å². The minimum atomic E-state index is 0.965. The van der Waals surface area contributed by atoms with Gasteiger partial charge in [-0.1, -0.05) is 53.4 Å². The van der Waals surface area contributed by atoms with Crippen LogP contribution in [0.4, 0.5) is 0 Å². The molecular weight excluding hydrogens is 192 g/mol. The molecule has 16 heavy (non-hydrogen) atoms. The van der Waals surface area contributed by atoms with Gasteiger partial charge in [0.2, 0.25) is 0 Å². The summed E-state index contributed by atoms with van der Waals surface area (Å²) in [7, 11) is 0. The van der Waals surface area contributed by atoms with Gasteiger partial charge in [-0.05, 0) is 49.4 Å². The van der Waals surface area contributed by atoms with Gasteiger partial charge in [0.05, 0.1) is 0 Å². The van der Waals surface area contributed by atoms with Gasteiger partial charge in [0.25, 0.3) is 0 Å². The lowest BCUT2D eigenvalue weighted by molar-refractivity contribution is 0.158. The molecule has 0 spiro atoms. The summed E-state index contributed by atoms with van der Waals surface area (Å²) in [5, 5.41) is 0. The van der Waals surface area contributed by atoms with Gasteiger partial charge in [0.1, 0.15) is 0 Å². The fraction of sp³-hybridized carbons (Fsp3) is 1.00. The summed E-state index contributed by atoms with van der Waals surface area (Å²) in [4.78, 5) is 0. The Balaban J connectivity index is 2.35. The molecule has 1 aliphatic rings. The number of hydrogen-bond donors (Lipinski definition) is 0. The van der Waals surface area contributed by atoms with Gasteiger partial charge >= 0.3 is 0 Å².